The summed E-state index contributed by atoms with van der Waals surface area (Å²) in [6.45, 7) is 9.08. The fourth-order valence-electron chi connectivity index (χ4n) is 4.66. The molecule has 0 N–H and O–H groups in total. The van der Waals surface area contributed by atoms with E-state index in [4.69, 9.17) is 14.2 Å². The highest BCUT2D eigenvalue weighted by Crippen LogP contribution is 2.27. The van der Waals surface area contributed by atoms with Crippen molar-refractivity contribution in [2.75, 3.05) is 19.8 Å². The second kappa shape index (κ2) is 17.1. The number of rotatable bonds is 17. The van der Waals surface area contributed by atoms with Crippen molar-refractivity contribution >= 4 is 29.6 Å². The van der Waals surface area contributed by atoms with Crippen LogP contribution in [0.4, 0.5) is 0 Å². The van der Waals surface area contributed by atoms with Crippen LogP contribution in [0.3, 0.4) is 0 Å². The predicted octanol–water partition coefficient (Wildman–Crippen LogP) is 4.53. The highest BCUT2D eigenvalue weighted by molar-refractivity contribution is 5.94. The van der Waals surface area contributed by atoms with Crippen LogP contribution in [-0.4, -0.2) is 66.4 Å². The predicted molar refractivity (Wildman–Crippen MR) is 139 cm³/mol. The molecule has 0 radical (unpaired) electrons. The third-order valence-corrected chi connectivity index (χ3v) is 6.77. The monoisotopic (exact) mass is 525 g/mol. The van der Waals surface area contributed by atoms with Crippen molar-refractivity contribution in [1.82, 2.24) is 4.90 Å². The Morgan fingerprint density at radius 2 is 1.62 bits per heavy atom. The number of ketones is 1. The molecule has 1 aliphatic heterocycles. The quantitative estimate of drug-likeness (QED) is 0.118. The van der Waals surface area contributed by atoms with Crippen LogP contribution in [0.2, 0.25) is 0 Å². The first-order valence-electron chi connectivity index (χ1n) is 13.7. The maximum atomic E-state index is 12.5. The summed E-state index contributed by atoms with van der Waals surface area (Å²) in [6, 6.07) is 0.221. The lowest BCUT2D eigenvalue weighted by molar-refractivity contribution is -0.160. The zero-order valence-corrected chi connectivity index (χ0v) is 23.5. The molecule has 0 aromatic carbocycles. The topological polar surface area (TPSA) is 116 Å². The van der Waals surface area contributed by atoms with E-state index >= 15 is 0 Å². The smallest absolute Gasteiger partial charge is 0.313 e. The van der Waals surface area contributed by atoms with Crippen molar-refractivity contribution in [2.45, 2.75) is 124 Å². The van der Waals surface area contributed by atoms with Gasteiger partial charge in [-0.2, -0.15) is 0 Å². The molecule has 1 heterocycles. The van der Waals surface area contributed by atoms with Crippen molar-refractivity contribution < 1.29 is 38.2 Å². The number of hydrogen-bond donors (Lipinski definition) is 0. The summed E-state index contributed by atoms with van der Waals surface area (Å²) < 4.78 is 15.7. The van der Waals surface area contributed by atoms with Crippen molar-refractivity contribution in [2.24, 2.45) is 5.41 Å². The van der Waals surface area contributed by atoms with Gasteiger partial charge in [0.2, 0.25) is 5.91 Å². The Labute approximate surface area is 221 Å². The Kier molecular flexibility index (Phi) is 15.1. The largest absolute Gasteiger partial charge is 0.463 e. The van der Waals surface area contributed by atoms with Crippen LogP contribution in [0.5, 0.6) is 0 Å². The SMILES string of the molecule is CCC(CCCC(CCCC(C)(C)C(=O)OCCOC(=O)CC(C)=O)OC(C)=O)N1CCCCCC1=O. The highest BCUT2D eigenvalue weighted by atomic mass is 16.6. The van der Waals surface area contributed by atoms with Gasteiger partial charge in [0, 0.05) is 25.9 Å². The third-order valence-electron chi connectivity index (χ3n) is 6.77. The van der Waals surface area contributed by atoms with E-state index in [1.807, 2.05) is 4.90 Å². The number of carbonyl (C=O) groups is 5. The van der Waals surface area contributed by atoms with Gasteiger partial charge in [-0.3, -0.25) is 24.0 Å². The second-order valence-corrected chi connectivity index (χ2v) is 10.6. The van der Waals surface area contributed by atoms with Crippen LogP contribution < -0.4 is 0 Å². The van der Waals surface area contributed by atoms with E-state index in [1.165, 1.54) is 13.8 Å². The molecule has 2 atom stereocenters. The first-order valence-corrected chi connectivity index (χ1v) is 13.7. The molecule has 0 aliphatic carbocycles. The minimum atomic E-state index is -0.745. The molecular formula is C28H47NO8. The number of nitrogens with zero attached hydrogens (tertiary/aromatic N) is 1. The average molecular weight is 526 g/mol. The normalized spacial score (nSPS) is 15.9. The summed E-state index contributed by atoms with van der Waals surface area (Å²) in [4.78, 5) is 60.9. The lowest BCUT2D eigenvalue weighted by Crippen LogP contribution is -2.39. The lowest BCUT2D eigenvalue weighted by Gasteiger charge is -2.31. The third kappa shape index (κ3) is 13.6. The second-order valence-electron chi connectivity index (χ2n) is 10.6. The number of carbonyl (C=O) groups excluding carboxylic acids is 5. The standard InChI is InChI=1S/C28H47NO8/c1-6-23(29-17-9-7-8-15-25(29)32)12-10-13-24(37-22(3)31)14-11-16-28(4,5)27(34)36-19-18-35-26(33)20-21(2)30/h23-24H,6-20H2,1-5H3. The minimum Gasteiger partial charge on any atom is -0.463 e. The molecule has 1 rings (SSSR count). The molecule has 1 amide bonds. The zero-order valence-electron chi connectivity index (χ0n) is 23.5. The number of likely N-dealkylation sites (tertiary alicyclic amines) is 1. The Hall–Kier alpha value is -2.45. The number of Topliss-reactive ketones (excluding diaryl/α,β-unsaturated/α-hetero) is 1. The van der Waals surface area contributed by atoms with E-state index in [9.17, 15) is 24.0 Å². The molecular weight excluding hydrogens is 478 g/mol. The average Bonchev–Trinajstić information content (AvgIpc) is 3.02. The van der Waals surface area contributed by atoms with Gasteiger partial charge in [-0.25, -0.2) is 0 Å². The van der Waals surface area contributed by atoms with E-state index in [-0.39, 0.29) is 49.4 Å². The van der Waals surface area contributed by atoms with Gasteiger partial charge in [0.05, 0.1) is 5.41 Å². The fraction of sp³-hybridized carbons (Fsp3) is 0.821. The summed E-state index contributed by atoms with van der Waals surface area (Å²) >= 11 is 0. The van der Waals surface area contributed by atoms with Gasteiger partial charge in [0.25, 0.3) is 0 Å². The van der Waals surface area contributed by atoms with Crippen molar-refractivity contribution in [3.05, 3.63) is 0 Å². The molecule has 212 valence electrons. The van der Waals surface area contributed by atoms with Gasteiger partial charge in [-0.05, 0) is 78.6 Å². The summed E-state index contributed by atoms with van der Waals surface area (Å²) in [5, 5.41) is 0. The molecule has 9 heteroatoms. The van der Waals surface area contributed by atoms with Crippen LogP contribution in [0, 0.1) is 5.41 Å². The van der Waals surface area contributed by atoms with E-state index in [2.05, 4.69) is 6.92 Å². The summed E-state index contributed by atoms with van der Waals surface area (Å²) in [5.74, 6) is -1.38. The van der Waals surface area contributed by atoms with Gasteiger partial charge >= 0.3 is 17.9 Å². The molecule has 9 nitrogen and oxygen atoms in total. The van der Waals surface area contributed by atoms with Crippen molar-refractivity contribution in [3.8, 4) is 0 Å². The summed E-state index contributed by atoms with van der Waals surface area (Å²) in [6.07, 6.45) is 8.47. The minimum absolute atomic E-state index is 0.0693. The van der Waals surface area contributed by atoms with Crippen LogP contribution in [0.25, 0.3) is 0 Å². The Morgan fingerprint density at radius 3 is 2.27 bits per heavy atom. The number of amides is 1. The number of ether oxygens (including phenoxy) is 3. The molecule has 1 aliphatic rings. The number of hydrogen-bond acceptors (Lipinski definition) is 8. The molecule has 0 aromatic heterocycles. The molecule has 0 aromatic rings. The Bertz CT molecular complexity index is 763. The Balaban J connectivity index is 2.45. The molecule has 37 heavy (non-hydrogen) atoms. The van der Waals surface area contributed by atoms with Crippen LogP contribution >= 0.6 is 0 Å². The van der Waals surface area contributed by atoms with Crippen LogP contribution in [0.15, 0.2) is 0 Å². The van der Waals surface area contributed by atoms with E-state index < -0.39 is 17.4 Å². The van der Waals surface area contributed by atoms with Gasteiger partial charge in [0.15, 0.2) is 0 Å². The molecule has 1 saturated heterocycles. The summed E-state index contributed by atoms with van der Waals surface area (Å²) in [7, 11) is 0. The van der Waals surface area contributed by atoms with E-state index in [1.54, 1.807) is 13.8 Å². The first-order chi connectivity index (χ1) is 17.5. The van der Waals surface area contributed by atoms with Gasteiger partial charge in [-0.15, -0.1) is 0 Å². The van der Waals surface area contributed by atoms with Crippen LogP contribution in [-0.2, 0) is 38.2 Å². The zero-order chi connectivity index (χ0) is 27.8. The van der Waals surface area contributed by atoms with Gasteiger partial charge in [0.1, 0.15) is 31.5 Å². The van der Waals surface area contributed by atoms with Crippen molar-refractivity contribution in [1.29, 1.82) is 0 Å². The van der Waals surface area contributed by atoms with Crippen LogP contribution in [0.1, 0.15) is 112 Å². The molecule has 2 unspecified atom stereocenters. The molecule has 0 bridgehead atoms. The first kappa shape index (κ1) is 32.6. The number of esters is 3. The molecule has 0 spiro atoms. The maximum Gasteiger partial charge on any atom is 0.313 e. The van der Waals surface area contributed by atoms with Crippen molar-refractivity contribution in [3.63, 3.8) is 0 Å². The van der Waals surface area contributed by atoms with Gasteiger partial charge in [-0.1, -0.05) is 13.3 Å². The Morgan fingerprint density at radius 1 is 0.946 bits per heavy atom. The van der Waals surface area contributed by atoms with Gasteiger partial charge < -0.3 is 19.1 Å². The van der Waals surface area contributed by atoms with E-state index in [0.717, 1.165) is 45.1 Å². The lowest BCUT2D eigenvalue weighted by atomic mass is 9.86. The molecule has 1 fully saturated rings. The summed E-state index contributed by atoms with van der Waals surface area (Å²) in [5.41, 5.74) is -0.745. The maximum absolute atomic E-state index is 12.5. The molecule has 0 saturated carbocycles. The highest BCUT2D eigenvalue weighted by Gasteiger charge is 2.30. The van der Waals surface area contributed by atoms with E-state index in [0.29, 0.717) is 32.1 Å². The fourth-order valence-corrected chi connectivity index (χ4v) is 4.66.